The van der Waals surface area contributed by atoms with E-state index in [0.717, 1.165) is 6.92 Å². The third kappa shape index (κ3) is 6.37. The highest BCUT2D eigenvalue weighted by Crippen LogP contribution is 2.31. The van der Waals surface area contributed by atoms with E-state index < -0.39 is 23.9 Å². The van der Waals surface area contributed by atoms with Crippen LogP contribution in [0.3, 0.4) is 0 Å². The van der Waals surface area contributed by atoms with Crippen LogP contribution in [0.4, 0.5) is 13.2 Å². The summed E-state index contributed by atoms with van der Waals surface area (Å²) >= 11 is 5.87. The summed E-state index contributed by atoms with van der Waals surface area (Å²) in [6.07, 6.45) is -5.62. The molecule has 0 spiro atoms. The van der Waals surface area contributed by atoms with E-state index in [9.17, 15) is 18.0 Å². The summed E-state index contributed by atoms with van der Waals surface area (Å²) < 4.78 is 48.9. The average Bonchev–Trinajstić information content (AvgIpc) is 2.54. The normalized spacial score (nSPS) is 13.1. The van der Waals surface area contributed by atoms with Gasteiger partial charge in [0.2, 0.25) is 5.88 Å². The van der Waals surface area contributed by atoms with Gasteiger partial charge < -0.3 is 9.47 Å². The second-order valence-corrected chi connectivity index (χ2v) is 7.52. The summed E-state index contributed by atoms with van der Waals surface area (Å²) in [5, 5.41) is 0.452. The molecular weight excluding hydrogens is 397 g/mol. The van der Waals surface area contributed by atoms with Gasteiger partial charge in [-0.2, -0.15) is 13.2 Å². The summed E-state index contributed by atoms with van der Waals surface area (Å²) in [5.41, 5.74) is 0.0988. The second kappa shape index (κ2) is 8.34. The van der Waals surface area contributed by atoms with E-state index in [4.69, 9.17) is 21.1 Å². The van der Waals surface area contributed by atoms with Crippen LogP contribution in [0.5, 0.6) is 5.88 Å². The molecule has 0 fully saturated rings. The van der Waals surface area contributed by atoms with Crippen molar-refractivity contribution in [2.45, 2.75) is 52.0 Å². The Morgan fingerprint density at radius 2 is 1.79 bits per heavy atom. The third-order valence-electron chi connectivity index (χ3n) is 3.40. The Hall–Kier alpha value is -2.35. The molecule has 0 aliphatic carbocycles. The monoisotopic (exact) mass is 416 g/mol. The van der Waals surface area contributed by atoms with Crippen molar-refractivity contribution >= 4 is 17.6 Å². The Labute approximate surface area is 165 Å². The first-order valence-corrected chi connectivity index (χ1v) is 8.80. The fourth-order valence-electron chi connectivity index (χ4n) is 2.14. The van der Waals surface area contributed by atoms with E-state index in [1.165, 1.54) is 6.20 Å². The van der Waals surface area contributed by atoms with Gasteiger partial charge in [-0.1, -0.05) is 23.7 Å². The lowest BCUT2D eigenvalue weighted by molar-refractivity contribution is -0.189. The van der Waals surface area contributed by atoms with Crippen molar-refractivity contribution in [3.63, 3.8) is 0 Å². The standard InChI is InChI=1S/C19H20ClF3N2O3/c1-11(19(21,22)23)27-17-16(12-5-7-13(20)8-6-12)25-14(10-24-17)9-15(26)28-18(2,3)4/h5-8,10-11H,9H2,1-4H3/t11-/m0/s1. The lowest BCUT2D eigenvalue weighted by Crippen LogP contribution is -2.31. The van der Waals surface area contributed by atoms with Gasteiger partial charge in [-0.05, 0) is 39.8 Å². The summed E-state index contributed by atoms with van der Waals surface area (Å²) in [5.74, 6) is -0.818. The van der Waals surface area contributed by atoms with Crippen LogP contribution >= 0.6 is 11.6 Å². The first kappa shape index (κ1) is 21.9. The van der Waals surface area contributed by atoms with E-state index in [1.807, 2.05) is 0 Å². The highest BCUT2D eigenvalue weighted by Gasteiger charge is 2.39. The molecule has 1 heterocycles. The maximum atomic E-state index is 12.9. The van der Waals surface area contributed by atoms with Crippen molar-refractivity contribution in [3.05, 3.63) is 41.2 Å². The zero-order chi connectivity index (χ0) is 21.1. The fraction of sp³-hybridized carbons (Fsp3) is 0.421. The highest BCUT2D eigenvalue weighted by molar-refractivity contribution is 6.30. The van der Waals surface area contributed by atoms with Crippen LogP contribution < -0.4 is 4.74 Å². The Bertz CT molecular complexity index is 834. The third-order valence-corrected chi connectivity index (χ3v) is 3.65. The number of hydrogen-bond donors (Lipinski definition) is 0. The molecule has 0 amide bonds. The first-order chi connectivity index (χ1) is 12.8. The van der Waals surface area contributed by atoms with Gasteiger partial charge in [-0.15, -0.1) is 0 Å². The van der Waals surface area contributed by atoms with E-state index in [2.05, 4.69) is 9.97 Å². The van der Waals surface area contributed by atoms with Crippen LogP contribution in [-0.4, -0.2) is 33.8 Å². The molecule has 1 aromatic carbocycles. The van der Waals surface area contributed by atoms with E-state index in [1.54, 1.807) is 45.0 Å². The van der Waals surface area contributed by atoms with Gasteiger partial charge in [0, 0.05) is 10.6 Å². The van der Waals surface area contributed by atoms with Crippen LogP contribution in [0.1, 0.15) is 33.4 Å². The van der Waals surface area contributed by atoms with Crippen molar-refractivity contribution < 1.29 is 27.4 Å². The van der Waals surface area contributed by atoms with Crippen LogP contribution in [0.2, 0.25) is 5.02 Å². The second-order valence-electron chi connectivity index (χ2n) is 7.09. The zero-order valence-electron chi connectivity index (χ0n) is 15.8. The number of carbonyl (C=O) groups is 1. The zero-order valence-corrected chi connectivity index (χ0v) is 16.6. The molecule has 0 unspecified atom stereocenters. The predicted octanol–water partition coefficient (Wildman–Crippen LogP) is 5.01. The number of halogens is 4. The van der Waals surface area contributed by atoms with Gasteiger partial charge in [0.1, 0.15) is 11.3 Å². The number of esters is 1. The predicted molar refractivity (Wildman–Crippen MR) is 98.2 cm³/mol. The van der Waals surface area contributed by atoms with E-state index in [0.29, 0.717) is 10.6 Å². The highest BCUT2D eigenvalue weighted by atomic mass is 35.5. The number of benzene rings is 1. The molecular formula is C19H20ClF3N2O3. The van der Waals surface area contributed by atoms with E-state index >= 15 is 0 Å². The number of rotatable bonds is 5. The molecule has 0 aliphatic rings. The fourth-order valence-corrected chi connectivity index (χ4v) is 2.27. The molecule has 5 nitrogen and oxygen atoms in total. The van der Waals surface area contributed by atoms with Crippen molar-refractivity contribution in [2.75, 3.05) is 0 Å². The van der Waals surface area contributed by atoms with Gasteiger partial charge in [0.15, 0.2) is 6.10 Å². The van der Waals surface area contributed by atoms with Crippen molar-refractivity contribution in [1.29, 1.82) is 0 Å². The van der Waals surface area contributed by atoms with Gasteiger partial charge in [0.25, 0.3) is 0 Å². The molecule has 28 heavy (non-hydrogen) atoms. The lowest BCUT2D eigenvalue weighted by atomic mass is 10.1. The molecule has 1 atom stereocenters. The van der Waals surface area contributed by atoms with Crippen LogP contribution in [0.25, 0.3) is 11.3 Å². The Morgan fingerprint density at radius 3 is 2.32 bits per heavy atom. The Balaban J connectivity index is 2.37. The van der Waals surface area contributed by atoms with Crippen molar-refractivity contribution in [1.82, 2.24) is 9.97 Å². The maximum Gasteiger partial charge on any atom is 0.425 e. The van der Waals surface area contributed by atoms with Gasteiger partial charge in [0.05, 0.1) is 18.3 Å². The molecule has 0 radical (unpaired) electrons. The smallest absolute Gasteiger partial charge is 0.425 e. The minimum atomic E-state index is -4.56. The molecule has 0 N–H and O–H groups in total. The number of nitrogens with zero attached hydrogens (tertiary/aromatic N) is 2. The molecule has 0 bridgehead atoms. The summed E-state index contributed by atoms with van der Waals surface area (Å²) in [4.78, 5) is 20.3. The molecule has 0 saturated heterocycles. The average molecular weight is 417 g/mol. The summed E-state index contributed by atoms with van der Waals surface area (Å²) in [6, 6.07) is 6.29. The van der Waals surface area contributed by atoms with Crippen molar-refractivity contribution in [2.24, 2.45) is 0 Å². The topological polar surface area (TPSA) is 61.3 Å². The molecule has 9 heteroatoms. The van der Waals surface area contributed by atoms with Crippen LogP contribution in [0.15, 0.2) is 30.5 Å². The molecule has 2 aromatic rings. The number of carbonyl (C=O) groups excluding carboxylic acids is 1. The van der Waals surface area contributed by atoms with Crippen molar-refractivity contribution in [3.8, 4) is 17.1 Å². The number of ether oxygens (including phenoxy) is 2. The number of hydrogen-bond acceptors (Lipinski definition) is 5. The number of alkyl halides is 3. The lowest BCUT2D eigenvalue weighted by Gasteiger charge is -2.20. The largest absolute Gasteiger partial charge is 0.463 e. The molecule has 1 aromatic heterocycles. The summed E-state index contributed by atoms with van der Waals surface area (Å²) in [6.45, 7) is 6.06. The quantitative estimate of drug-likeness (QED) is 0.641. The Kier molecular flexibility index (Phi) is 6.54. The molecule has 152 valence electrons. The van der Waals surface area contributed by atoms with Crippen LogP contribution in [-0.2, 0) is 16.0 Å². The van der Waals surface area contributed by atoms with Crippen LogP contribution in [0, 0.1) is 0 Å². The molecule has 2 rings (SSSR count). The molecule has 0 saturated carbocycles. The van der Waals surface area contributed by atoms with Gasteiger partial charge in [-0.25, -0.2) is 9.97 Å². The minimum Gasteiger partial charge on any atom is -0.463 e. The number of aromatic nitrogens is 2. The van der Waals surface area contributed by atoms with Gasteiger partial charge in [-0.3, -0.25) is 4.79 Å². The Morgan fingerprint density at radius 1 is 1.18 bits per heavy atom. The molecule has 0 aliphatic heterocycles. The van der Waals surface area contributed by atoms with Gasteiger partial charge >= 0.3 is 12.1 Å². The minimum absolute atomic E-state index is 0.0776. The summed E-state index contributed by atoms with van der Waals surface area (Å²) in [7, 11) is 0. The SMILES string of the molecule is C[C@H](Oc1ncc(CC(=O)OC(C)(C)C)nc1-c1ccc(Cl)cc1)C(F)(F)F. The maximum absolute atomic E-state index is 12.9. The van der Waals surface area contributed by atoms with E-state index in [-0.39, 0.29) is 23.7 Å². The first-order valence-electron chi connectivity index (χ1n) is 8.42.